The van der Waals surface area contributed by atoms with Crippen molar-refractivity contribution in [2.24, 2.45) is 0 Å². The molecule has 2 aliphatic carbocycles. The maximum absolute atomic E-state index is 12.4. The fourth-order valence-electron chi connectivity index (χ4n) is 4.12. The molecule has 5 heteroatoms. The van der Waals surface area contributed by atoms with Crippen molar-refractivity contribution in [1.82, 2.24) is 10.6 Å². The third kappa shape index (κ3) is 4.82. The van der Waals surface area contributed by atoms with E-state index in [0.717, 1.165) is 44.9 Å². The van der Waals surface area contributed by atoms with Gasteiger partial charge in [-0.25, -0.2) is 4.79 Å². The van der Waals surface area contributed by atoms with Gasteiger partial charge in [-0.05, 0) is 38.2 Å². The molecule has 0 heterocycles. The third-order valence-electron chi connectivity index (χ3n) is 5.53. The summed E-state index contributed by atoms with van der Waals surface area (Å²) in [5.41, 5.74) is 2.72. The van der Waals surface area contributed by atoms with E-state index in [9.17, 15) is 9.59 Å². The molecule has 0 aliphatic heterocycles. The number of hydrogen-bond acceptors (Lipinski definition) is 2. The number of benzene rings is 1. The molecule has 3 rings (SSSR count). The Morgan fingerprint density at radius 1 is 1.08 bits per heavy atom. The first-order valence-corrected chi connectivity index (χ1v) is 9.67. The van der Waals surface area contributed by atoms with Crippen LogP contribution in [0.3, 0.4) is 0 Å². The number of rotatable bonds is 4. The smallest absolute Gasteiger partial charge is 0.321 e. The van der Waals surface area contributed by atoms with Gasteiger partial charge in [0.15, 0.2) is 6.04 Å². The molecule has 3 amide bonds. The quantitative estimate of drug-likeness (QED) is 0.783. The molecule has 136 valence electrons. The molecule has 4 N–H and O–H groups in total. The second-order valence-corrected chi connectivity index (χ2v) is 7.48. The standard InChI is InChI=1S/C20H29N3O2/c1-14(19(24)23-20(25)22-16-10-3-2-4-11-16)21-18-13-7-9-15-8-5-6-12-17(15)18/h5-6,8,12,14,16,18,21H,2-4,7,9-11,13H2,1H3,(H2,22,23,24,25)/p+1/t14-,18+/m1/s1. The van der Waals surface area contributed by atoms with Gasteiger partial charge in [0, 0.05) is 18.0 Å². The summed E-state index contributed by atoms with van der Waals surface area (Å²) in [6.07, 6.45) is 8.93. The molecule has 1 aromatic carbocycles. The lowest BCUT2D eigenvalue weighted by Crippen LogP contribution is -2.93. The molecule has 1 fully saturated rings. The summed E-state index contributed by atoms with van der Waals surface area (Å²) in [7, 11) is 0. The molecule has 0 saturated heterocycles. The van der Waals surface area contributed by atoms with Crippen LogP contribution in [0.1, 0.15) is 69.0 Å². The largest absolute Gasteiger partial charge is 0.335 e. The predicted molar refractivity (Wildman–Crippen MR) is 97.1 cm³/mol. The van der Waals surface area contributed by atoms with E-state index >= 15 is 0 Å². The number of nitrogens with one attached hydrogen (secondary N) is 2. The molecular formula is C20H30N3O2+. The highest BCUT2D eigenvalue weighted by molar-refractivity contribution is 5.96. The molecule has 0 aromatic heterocycles. The first-order valence-electron chi connectivity index (χ1n) is 9.67. The number of fused-ring (bicyclic) bond motifs is 1. The topological polar surface area (TPSA) is 74.8 Å². The van der Waals surface area contributed by atoms with Crippen LogP contribution in [-0.4, -0.2) is 24.0 Å². The van der Waals surface area contributed by atoms with Crippen LogP contribution in [-0.2, 0) is 11.2 Å². The number of nitrogens with two attached hydrogens (primary N) is 1. The van der Waals surface area contributed by atoms with Crippen LogP contribution in [0.4, 0.5) is 4.79 Å². The van der Waals surface area contributed by atoms with Crippen LogP contribution in [0.2, 0.25) is 0 Å². The van der Waals surface area contributed by atoms with E-state index in [2.05, 4.69) is 40.2 Å². The zero-order chi connectivity index (χ0) is 17.6. The Labute approximate surface area is 150 Å². The molecule has 1 aromatic rings. The van der Waals surface area contributed by atoms with E-state index in [-0.39, 0.29) is 24.0 Å². The van der Waals surface area contributed by atoms with Crippen LogP contribution in [0.25, 0.3) is 0 Å². The number of carbonyl (C=O) groups is 2. The van der Waals surface area contributed by atoms with Crippen molar-refractivity contribution in [1.29, 1.82) is 0 Å². The number of hydrogen-bond donors (Lipinski definition) is 3. The zero-order valence-corrected chi connectivity index (χ0v) is 15.1. The average Bonchev–Trinajstić information content (AvgIpc) is 2.62. The lowest BCUT2D eigenvalue weighted by atomic mass is 9.87. The van der Waals surface area contributed by atoms with Crippen molar-refractivity contribution < 1.29 is 14.9 Å². The van der Waals surface area contributed by atoms with Crippen molar-refractivity contribution in [2.45, 2.75) is 76.4 Å². The summed E-state index contributed by atoms with van der Waals surface area (Å²) >= 11 is 0. The van der Waals surface area contributed by atoms with Gasteiger partial charge in [-0.3, -0.25) is 10.1 Å². The van der Waals surface area contributed by atoms with Crippen LogP contribution < -0.4 is 16.0 Å². The number of urea groups is 1. The molecule has 0 spiro atoms. The Bertz CT molecular complexity index is 611. The normalized spacial score (nSPS) is 21.9. The first kappa shape index (κ1) is 17.9. The molecule has 25 heavy (non-hydrogen) atoms. The zero-order valence-electron chi connectivity index (χ0n) is 15.1. The molecule has 2 atom stereocenters. The highest BCUT2D eigenvalue weighted by Gasteiger charge is 2.28. The summed E-state index contributed by atoms with van der Waals surface area (Å²) in [5, 5.41) is 7.56. The van der Waals surface area contributed by atoms with Crippen LogP contribution >= 0.6 is 0 Å². The third-order valence-corrected chi connectivity index (χ3v) is 5.53. The first-order chi connectivity index (χ1) is 12.1. The van der Waals surface area contributed by atoms with Gasteiger partial charge in [0.1, 0.15) is 6.04 Å². The summed E-state index contributed by atoms with van der Waals surface area (Å²) in [6, 6.07) is 8.36. The molecule has 0 radical (unpaired) electrons. The van der Waals surface area contributed by atoms with Crippen LogP contribution in [0.15, 0.2) is 24.3 Å². The van der Waals surface area contributed by atoms with Gasteiger partial charge in [0.25, 0.3) is 5.91 Å². The van der Waals surface area contributed by atoms with Crippen molar-refractivity contribution >= 4 is 11.9 Å². The van der Waals surface area contributed by atoms with E-state index < -0.39 is 0 Å². The summed E-state index contributed by atoms with van der Waals surface area (Å²) in [6.45, 7) is 1.88. The van der Waals surface area contributed by atoms with Gasteiger partial charge >= 0.3 is 6.03 Å². The Kier molecular flexibility index (Phi) is 6.08. The van der Waals surface area contributed by atoms with E-state index in [0.29, 0.717) is 6.04 Å². The van der Waals surface area contributed by atoms with Gasteiger partial charge in [-0.1, -0.05) is 43.5 Å². The fourth-order valence-corrected chi connectivity index (χ4v) is 4.12. The Morgan fingerprint density at radius 2 is 1.84 bits per heavy atom. The molecule has 1 saturated carbocycles. The van der Waals surface area contributed by atoms with Gasteiger partial charge < -0.3 is 10.6 Å². The number of carbonyl (C=O) groups excluding carboxylic acids is 2. The molecule has 0 unspecified atom stereocenters. The number of amides is 3. The molecule has 2 aliphatic rings. The fraction of sp³-hybridized carbons (Fsp3) is 0.600. The highest BCUT2D eigenvalue weighted by atomic mass is 16.2. The van der Waals surface area contributed by atoms with E-state index in [1.165, 1.54) is 17.5 Å². The Hall–Kier alpha value is -1.88. The minimum Gasteiger partial charge on any atom is -0.335 e. The maximum Gasteiger partial charge on any atom is 0.321 e. The predicted octanol–water partition coefficient (Wildman–Crippen LogP) is 2.17. The summed E-state index contributed by atoms with van der Waals surface area (Å²) in [4.78, 5) is 24.4. The van der Waals surface area contributed by atoms with Crippen molar-refractivity contribution in [3.63, 3.8) is 0 Å². The SMILES string of the molecule is C[C@@H]([NH2+][C@H]1CCCc2ccccc21)C(=O)NC(=O)NC1CCCCC1. The van der Waals surface area contributed by atoms with Crippen LogP contribution in [0, 0.1) is 0 Å². The van der Waals surface area contributed by atoms with Gasteiger partial charge in [-0.2, -0.15) is 0 Å². The summed E-state index contributed by atoms with van der Waals surface area (Å²) in [5.74, 6) is -0.212. The van der Waals surface area contributed by atoms with Gasteiger partial charge in [-0.15, -0.1) is 0 Å². The monoisotopic (exact) mass is 344 g/mol. The number of quaternary nitrogens is 1. The lowest BCUT2D eigenvalue weighted by Gasteiger charge is -2.26. The Balaban J connectivity index is 1.50. The Morgan fingerprint density at radius 3 is 2.64 bits per heavy atom. The highest BCUT2D eigenvalue weighted by Crippen LogP contribution is 2.26. The van der Waals surface area contributed by atoms with E-state index in [1.54, 1.807) is 0 Å². The number of aryl methyl sites for hydroxylation is 1. The van der Waals surface area contributed by atoms with Crippen molar-refractivity contribution in [2.75, 3.05) is 0 Å². The van der Waals surface area contributed by atoms with Gasteiger partial charge in [0.05, 0.1) is 0 Å². The van der Waals surface area contributed by atoms with Gasteiger partial charge in [0.2, 0.25) is 0 Å². The minimum absolute atomic E-state index is 0.212. The minimum atomic E-state index is -0.346. The second-order valence-electron chi connectivity index (χ2n) is 7.48. The van der Waals surface area contributed by atoms with E-state index in [4.69, 9.17) is 0 Å². The maximum atomic E-state index is 12.4. The second kappa shape index (κ2) is 8.48. The lowest BCUT2D eigenvalue weighted by molar-refractivity contribution is -0.714. The van der Waals surface area contributed by atoms with E-state index in [1.807, 2.05) is 6.92 Å². The molecule has 0 bridgehead atoms. The molecular weight excluding hydrogens is 314 g/mol. The number of imide groups is 1. The summed E-state index contributed by atoms with van der Waals surface area (Å²) < 4.78 is 0. The average molecular weight is 344 g/mol. The van der Waals surface area contributed by atoms with Crippen molar-refractivity contribution in [3.05, 3.63) is 35.4 Å². The van der Waals surface area contributed by atoms with Crippen molar-refractivity contribution in [3.8, 4) is 0 Å². The molecule has 5 nitrogen and oxygen atoms in total. The van der Waals surface area contributed by atoms with Crippen LogP contribution in [0.5, 0.6) is 0 Å².